The third kappa shape index (κ3) is 1.44. The van der Waals surface area contributed by atoms with Crippen LogP contribution >= 0.6 is 0 Å². The van der Waals surface area contributed by atoms with Crippen molar-refractivity contribution in [2.24, 2.45) is 4.99 Å². The van der Waals surface area contributed by atoms with E-state index in [1.807, 2.05) is 6.21 Å². The van der Waals surface area contributed by atoms with E-state index in [1.165, 1.54) is 41.7 Å². The van der Waals surface area contributed by atoms with E-state index in [0.29, 0.717) is 0 Å². The van der Waals surface area contributed by atoms with Gasteiger partial charge in [-0.1, -0.05) is 36.4 Å². The molecular weight excluding hydrogens is 182 g/mol. The number of hydrogen-bond donors (Lipinski definition) is 0. The number of hydrogen-bond acceptors (Lipinski definition) is 1. The van der Waals surface area contributed by atoms with Crippen molar-refractivity contribution in [3.63, 3.8) is 0 Å². The molecule has 0 N–H and O–H groups in total. The van der Waals surface area contributed by atoms with Crippen LogP contribution in [0.15, 0.2) is 52.7 Å². The van der Waals surface area contributed by atoms with E-state index in [1.54, 1.807) is 0 Å². The second-order valence-electron chi connectivity index (χ2n) is 4.00. The maximum absolute atomic E-state index is 4.48. The molecule has 0 bridgehead atoms. The fraction of sp³-hybridized carbons (Fsp3) is 0.214. The van der Waals surface area contributed by atoms with Gasteiger partial charge < -0.3 is 0 Å². The van der Waals surface area contributed by atoms with Gasteiger partial charge in [-0.05, 0) is 30.4 Å². The molecule has 3 rings (SSSR count). The SMILES string of the molecule is C1=NC2=CCCCC2=C1c1ccccc1. The molecule has 0 amide bonds. The molecule has 0 saturated heterocycles. The summed E-state index contributed by atoms with van der Waals surface area (Å²) in [6.45, 7) is 0. The number of benzene rings is 1. The Bertz CT molecular complexity index is 463. The molecule has 1 aromatic rings. The lowest BCUT2D eigenvalue weighted by Gasteiger charge is -2.11. The van der Waals surface area contributed by atoms with E-state index in [9.17, 15) is 0 Å². The van der Waals surface area contributed by atoms with E-state index >= 15 is 0 Å². The van der Waals surface area contributed by atoms with Crippen molar-refractivity contribution in [2.75, 3.05) is 0 Å². The zero-order valence-electron chi connectivity index (χ0n) is 8.61. The van der Waals surface area contributed by atoms with Gasteiger partial charge >= 0.3 is 0 Å². The summed E-state index contributed by atoms with van der Waals surface area (Å²) in [7, 11) is 0. The van der Waals surface area contributed by atoms with Crippen LogP contribution in [0.2, 0.25) is 0 Å². The average molecular weight is 195 g/mol. The van der Waals surface area contributed by atoms with Crippen LogP contribution in [0.5, 0.6) is 0 Å². The summed E-state index contributed by atoms with van der Waals surface area (Å²) >= 11 is 0. The van der Waals surface area contributed by atoms with Gasteiger partial charge in [0.1, 0.15) is 0 Å². The fourth-order valence-corrected chi connectivity index (χ4v) is 2.25. The van der Waals surface area contributed by atoms with Crippen LogP contribution in [0.4, 0.5) is 0 Å². The number of fused-ring (bicyclic) bond motifs is 1. The second-order valence-corrected chi connectivity index (χ2v) is 4.00. The highest BCUT2D eigenvalue weighted by atomic mass is 14.8. The third-order valence-electron chi connectivity index (χ3n) is 3.02. The lowest BCUT2D eigenvalue weighted by molar-refractivity contribution is 0.804. The van der Waals surface area contributed by atoms with Crippen molar-refractivity contribution in [1.29, 1.82) is 0 Å². The quantitative estimate of drug-likeness (QED) is 0.649. The predicted molar refractivity (Wildman–Crippen MR) is 63.8 cm³/mol. The Balaban J connectivity index is 2.11. The van der Waals surface area contributed by atoms with E-state index < -0.39 is 0 Å². The van der Waals surface area contributed by atoms with E-state index in [4.69, 9.17) is 0 Å². The van der Waals surface area contributed by atoms with Gasteiger partial charge in [0, 0.05) is 11.8 Å². The van der Waals surface area contributed by atoms with Crippen molar-refractivity contribution < 1.29 is 0 Å². The minimum absolute atomic E-state index is 1.18. The molecule has 1 aliphatic carbocycles. The standard InChI is InChI=1S/C14H13N/c1-2-6-11(7-3-1)13-10-15-14-9-5-4-8-12(13)14/h1-3,6-7,9-10H,4-5,8H2. The van der Waals surface area contributed by atoms with Crippen molar-refractivity contribution in [3.05, 3.63) is 53.2 Å². The van der Waals surface area contributed by atoms with Crippen LogP contribution in [-0.2, 0) is 0 Å². The first-order chi connectivity index (χ1) is 7.45. The summed E-state index contributed by atoms with van der Waals surface area (Å²) in [5, 5.41) is 0. The van der Waals surface area contributed by atoms with Crippen LogP contribution < -0.4 is 0 Å². The molecule has 0 aromatic heterocycles. The molecule has 0 fully saturated rings. The Labute approximate surface area is 89.9 Å². The maximum atomic E-state index is 4.48. The molecular formula is C14H13N. The van der Waals surface area contributed by atoms with Gasteiger partial charge in [-0.15, -0.1) is 0 Å². The van der Waals surface area contributed by atoms with Gasteiger partial charge in [-0.2, -0.15) is 0 Å². The number of aliphatic imine (C=N–C) groups is 1. The Morgan fingerprint density at radius 2 is 1.93 bits per heavy atom. The summed E-state index contributed by atoms with van der Waals surface area (Å²) in [4.78, 5) is 4.48. The zero-order valence-corrected chi connectivity index (χ0v) is 8.61. The Morgan fingerprint density at radius 3 is 2.80 bits per heavy atom. The highest BCUT2D eigenvalue weighted by molar-refractivity contribution is 6.15. The Morgan fingerprint density at radius 1 is 1.07 bits per heavy atom. The highest BCUT2D eigenvalue weighted by Gasteiger charge is 2.18. The molecule has 1 heteroatoms. The molecule has 1 nitrogen and oxygen atoms in total. The molecule has 0 unspecified atom stereocenters. The lowest BCUT2D eigenvalue weighted by atomic mass is 9.93. The molecule has 2 aliphatic rings. The summed E-state index contributed by atoms with van der Waals surface area (Å²) in [6, 6.07) is 10.5. The Kier molecular flexibility index (Phi) is 2.02. The van der Waals surface area contributed by atoms with Crippen molar-refractivity contribution in [2.45, 2.75) is 19.3 Å². The van der Waals surface area contributed by atoms with Crippen LogP contribution in [0.25, 0.3) is 5.57 Å². The zero-order chi connectivity index (χ0) is 10.1. The van der Waals surface area contributed by atoms with Crippen LogP contribution in [0.3, 0.4) is 0 Å². The first-order valence-corrected chi connectivity index (χ1v) is 5.48. The third-order valence-corrected chi connectivity index (χ3v) is 3.02. The molecule has 0 atom stereocenters. The first kappa shape index (κ1) is 8.66. The molecule has 15 heavy (non-hydrogen) atoms. The average Bonchev–Trinajstić information content (AvgIpc) is 2.74. The number of rotatable bonds is 1. The summed E-state index contributed by atoms with van der Waals surface area (Å²) < 4.78 is 0. The van der Waals surface area contributed by atoms with Gasteiger partial charge in [0.25, 0.3) is 0 Å². The minimum Gasteiger partial charge on any atom is -0.256 e. The Hall–Kier alpha value is -1.63. The molecule has 0 saturated carbocycles. The topological polar surface area (TPSA) is 12.4 Å². The monoisotopic (exact) mass is 195 g/mol. The van der Waals surface area contributed by atoms with E-state index in [0.717, 1.165) is 0 Å². The lowest BCUT2D eigenvalue weighted by Crippen LogP contribution is -1.94. The normalized spacial score (nSPS) is 19.1. The van der Waals surface area contributed by atoms with Crippen LogP contribution in [0, 0.1) is 0 Å². The van der Waals surface area contributed by atoms with E-state index in [-0.39, 0.29) is 0 Å². The summed E-state index contributed by atoms with van der Waals surface area (Å²) in [6.07, 6.45) is 7.89. The molecule has 1 aromatic carbocycles. The van der Waals surface area contributed by atoms with Gasteiger partial charge in [0.05, 0.1) is 5.70 Å². The van der Waals surface area contributed by atoms with Gasteiger partial charge in [-0.25, -0.2) is 0 Å². The number of nitrogens with zero attached hydrogens (tertiary/aromatic N) is 1. The minimum atomic E-state index is 1.18. The molecule has 1 aliphatic heterocycles. The maximum Gasteiger partial charge on any atom is 0.0628 e. The highest BCUT2D eigenvalue weighted by Crippen LogP contribution is 2.35. The fourth-order valence-electron chi connectivity index (χ4n) is 2.25. The van der Waals surface area contributed by atoms with Gasteiger partial charge in [0.2, 0.25) is 0 Å². The molecule has 1 heterocycles. The number of allylic oxidation sites excluding steroid dienone is 3. The van der Waals surface area contributed by atoms with Crippen LogP contribution in [0.1, 0.15) is 24.8 Å². The van der Waals surface area contributed by atoms with Crippen molar-refractivity contribution in [1.82, 2.24) is 0 Å². The van der Waals surface area contributed by atoms with E-state index in [2.05, 4.69) is 41.4 Å². The molecule has 74 valence electrons. The van der Waals surface area contributed by atoms with Crippen molar-refractivity contribution in [3.8, 4) is 0 Å². The van der Waals surface area contributed by atoms with Gasteiger partial charge in [-0.3, -0.25) is 4.99 Å². The first-order valence-electron chi connectivity index (χ1n) is 5.48. The van der Waals surface area contributed by atoms with Crippen LogP contribution in [-0.4, -0.2) is 6.21 Å². The molecule has 0 spiro atoms. The van der Waals surface area contributed by atoms with Gasteiger partial charge in [0.15, 0.2) is 0 Å². The second kappa shape index (κ2) is 3.50. The predicted octanol–water partition coefficient (Wildman–Crippen LogP) is 3.59. The molecule has 0 radical (unpaired) electrons. The smallest absolute Gasteiger partial charge is 0.0628 e. The van der Waals surface area contributed by atoms with Crippen molar-refractivity contribution >= 4 is 11.8 Å². The largest absolute Gasteiger partial charge is 0.256 e. The summed E-state index contributed by atoms with van der Waals surface area (Å²) in [5.74, 6) is 0. The summed E-state index contributed by atoms with van der Waals surface area (Å²) in [5.41, 5.74) is 5.26.